The van der Waals surface area contributed by atoms with Crippen molar-refractivity contribution in [2.24, 2.45) is 0 Å². The van der Waals surface area contributed by atoms with Crippen molar-refractivity contribution in [2.75, 3.05) is 19.0 Å². The Kier molecular flexibility index (Phi) is 5.59. The first-order valence-corrected chi connectivity index (χ1v) is 5.58. The van der Waals surface area contributed by atoms with E-state index in [-0.39, 0.29) is 5.57 Å². The van der Waals surface area contributed by atoms with Crippen molar-refractivity contribution in [1.29, 1.82) is 5.26 Å². The number of carboxylic acids is 1. The first-order valence-electron chi connectivity index (χ1n) is 5.58. The normalized spacial score (nSPS) is 10.3. The van der Waals surface area contributed by atoms with E-state index in [2.05, 4.69) is 10.6 Å². The lowest BCUT2D eigenvalue weighted by Crippen LogP contribution is -2.30. The van der Waals surface area contributed by atoms with Crippen LogP contribution >= 0.6 is 0 Å². The first-order chi connectivity index (χ1) is 9.58. The molecule has 0 aliphatic heterocycles. The molecule has 0 atom stereocenters. The van der Waals surface area contributed by atoms with E-state index in [0.29, 0.717) is 11.4 Å². The van der Waals surface area contributed by atoms with Gasteiger partial charge in [0.15, 0.2) is 0 Å². The summed E-state index contributed by atoms with van der Waals surface area (Å²) in [5, 5.41) is 22.2. The molecule has 1 amide bonds. The fourth-order valence-electron chi connectivity index (χ4n) is 1.31. The van der Waals surface area contributed by atoms with Gasteiger partial charge in [0.05, 0.1) is 12.8 Å². The zero-order chi connectivity index (χ0) is 15.0. The topological polar surface area (TPSA) is 111 Å². The monoisotopic (exact) mass is 275 g/mol. The van der Waals surface area contributed by atoms with Gasteiger partial charge in [-0.1, -0.05) is 12.1 Å². The minimum atomic E-state index is -1.19. The number of carboxylic acid groups (broad SMARTS) is 1. The van der Waals surface area contributed by atoms with Gasteiger partial charge in [0.2, 0.25) is 0 Å². The Bertz CT molecular complexity index is 575. The van der Waals surface area contributed by atoms with Gasteiger partial charge in [0, 0.05) is 6.20 Å². The van der Waals surface area contributed by atoms with Gasteiger partial charge in [-0.2, -0.15) is 5.26 Å². The fourth-order valence-corrected chi connectivity index (χ4v) is 1.31. The number of nitrogens with zero attached hydrogens (tertiary/aromatic N) is 1. The highest BCUT2D eigenvalue weighted by atomic mass is 16.5. The van der Waals surface area contributed by atoms with E-state index in [1.165, 1.54) is 13.3 Å². The molecule has 0 bridgehead atoms. The van der Waals surface area contributed by atoms with Crippen molar-refractivity contribution in [3.05, 3.63) is 36.0 Å². The van der Waals surface area contributed by atoms with Crippen LogP contribution in [-0.2, 0) is 9.59 Å². The number of hydrogen-bond donors (Lipinski definition) is 3. The highest BCUT2D eigenvalue weighted by Crippen LogP contribution is 2.23. The third-order valence-corrected chi connectivity index (χ3v) is 2.24. The van der Waals surface area contributed by atoms with Crippen molar-refractivity contribution in [3.63, 3.8) is 0 Å². The van der Waals surface area contributed by atoms with Crippen LogP contribution in [0.15, 0.2) is 36.0 Å². The largest absolute Gasteiger partial charge is 0.495 e. The van der Waals surface area contributed by atoms with Crippen LogP contribution in [0.25, 0.3) is 0 Å². The average molecular weight is 275 g/mol. The first kappa shape index (κ1) is 15.0. The molecular weight excluding hydrogens is 262 g/mol. The Morgan fingerprint density at radius 1 is 1.45 bits per heavy atom. The van der Waals surface area contributed by atoms with Crippen LogP contribution in [0.1, 0.15) is 0 Å². The molecule has 1 aromatic carbocycles. The second kappa shape index (κ2) is 7.43. The van der Waals surface area contributed by atoms with Gasteiger partial charge in [-0.15, -0.1) is 0 Å². The van der Waals surface area contributed by atoms with E-state index >= 15 is 0 Å². The van der Waals surface area contributed by atoms with E-state index in [4.69, 9.17) is 15.1 Å². The predicted molar refractivity (Wildman–Crippen MR) is 71.0 cm³/mol. The third-order valence-electron chi connectivity index (χ3n) is 2.24. The summed E-state index contributed by atoms with van der Waals surface area (Å²) in [5.41, 5.74) is 0.339. The molecule has 104 valence electrons. The highest BCUT2D eigenvalue weighted by Gasteiger charge is 2.10. The molecule has 0 unspecified atom stereocenters. The number of carbonyl (C=O) groups excluding carboxylic acids is 1. The molecule has 1 aromatic rings. The van der Waals surface area contributed by atoms with E-state index in [1.54, 1.807) is 30.3 Å². The lowest BCUT2D eigenvalue weighted by atomic mass is 10.2. The van der Waals surface area contributed by atoms with Gasteiger partial charge >= 0.3 is 5.97 Å². The van der Waals surface area contributed by atoms with Crippen molar-refractivity contribution < 1.29 is 19.4 Å². The quantitative estimate of drug-likeness (QED) is 0.521. The maximum absolute atomic E-state index is 11.5. The van der Waals surface area contributed by atoms with Gasteiger partial charge in [0.1, 0.15) is 23.9 Å². The van der Waals surface area contributed by atoms with Gasteiger partial charge in [-0.05, 0) is 12.1 Å². The molecule has 0 aliphatic rings. The Labute approximate surface area is 115 Å². The number of para-hydroxylation sites is 2. The molecule has 7 heteroatoms. The SMILES string of the molecule is COc1ccccc1N/C=C(/C#N)C(=O)NCC(=O)O. The fraction of sp³-hybridized carbons (Fsp3) is 0.154. The molecular formula is C13H13N3O4. The lowest BCUT2D eigenvalue weighted by molar-refractivity contribution is -0.137. The minimum Gasteiger partial charge on any atom is -0.495 e. The number of nitrogens with one attached hydrogen (secondary N) is 2. The summed E-state index contributed by atoms with van der Waals surface area (Å²) in [6, 6.07) is 8.64. The third kappa shape index (κ3) is 4.34. The summed E-state index contributed by atoms with van der Waals surface area (Å²) >= 11 is 0. The summed E-state index contributed by atoms with van der Waals surface area (Å²) in [6.45, 7) is -0.549. The van der Waals surface area contributed by atoms with Crippen LogP contribution < -0.4 is 15.4 Å². The summed E-state index contributed by atoms with van der Waals surface area (Å²) in [7, 11) is 1.50. The molecule has 0 heterocycles. The van der Waals surface area contributed by atoms with Crippen molar-refractivity contribution in [2.45, 2.75) is 0 Å². The molecule has 0 saturated heterocycles. The average Bonchev–Trinajstić information content (AvgIpc) is 2.46. The van der Waals surface area contributed by atoms with Crippen LogP contribution in [0.4, 0.5) is 5.69 Å². The molecule has 7 nitrogen and oxygen atoms in total. The van der Waals surface area contributed by atoms with E-state index in [9.17, 15) is 9.59 Å². The van der Waals surface area contributed by atoms with Gasteiger partial charge < -0.3 is 20.5 Å². The van der Waals surface area contributed by atoms with Crippen LogP contribution in [0.5, 0.6) is 5.75 Å². The maximum atomic E-state index is 11.5. The molecule has 0 radical (unpaired) electrons. The lowest BCUT2D eigenvalue weighted by Gasteiger charge is -2.08. The van der Waals surface area contributed by atoms with Crippen molar-refractivity contribution in [3.8, 4) is 11.8 Å². The summed E-state index contributed by atoms with van der Waals surface area (Å²) in [6.07, 6.45) is 1.19. The second-order valence-electron chi connectivity index (χ2n) is 3.59. The Morgan fingerprint density at radius 2 is 2.15 bits per heavy atom. The van der Waals surface area contributed by atoms with Crippen molar-refractivity contribution in [1.82, 2.24) is 5.32 Å². The summed E-state index contributed by atoms with van der Waals surface area (Å²) in [4.78, 5) is 21.8. The number of rotatable bonds is 6. The number of amides is 1. The van der Waals surface area contributed by atoms with Crippen molar-refractivity contribution >= 4 is 17.6 Å². The van der Waals surface area contributed by atoms with E-state index in [0.717, 1.165) is 0 Å². The Balaban J connectivity index is 2.78. The van der Waals surface area contributed by atoms with E-state index in [1.807, 2.05) is 0 Å². The molecule has 0 fully saturated rings. The smallest absolute Gasteiger partial charge is 0.322 e. The van der Waals surface area contributed by atoms with Crippen LogP contribution in [0.3, 0.4) is 0 Å². The molecule has 0 spiro atoms. The number of anilines is 1. The second-order valence-corrected chi connectivity index (χ2v) is 3.59. The Morgan fingerprint density at radius 3 is 2.75 bits per heavy atom. The molecule has 20 heavy (non-hydrogen) atoms. The molecule has 0 saturated carbocycles. The van der Waals surface area contributed by atoms with Gasteiger partial charge in [-0.3, -0.25) is 9.59 Å². The number of ether oxygens (including phenoxy) is 1. The van der Waals surface area contributed by atoms with Crippen LogP contribution in [0, 0.1) is 11.3 Å². The molecule has 1 rings (SSSR count). The highest BCUT2D eigenvalue weighted by molar-refractivity contribution is 5.98. The minimum absolute atomic E-state index is 0.239. The number of aliphatic carboxylic acids is 1. The molecule has 0 aliphatic carbocycles. The molecule has 3 N–H and O–H groups in total. The molecule has 0 aromatic heterocycles. The number of carbonyl (C=O) groups is 2. The van der Waals surface area contributed by atoms with Gasteiger partial charge in [-0.25, -0.2) is 0 Å². The number of methoxy groups -OCH3 is 1. The van der Waals surface area contributed by atoms with Crippen LogP contribution in [-0.4, -0.2) is 30.6 Å². The predicted octanol–water partition coefficient (Wildman–Crippen LogP) is 0.715. The number of hydrogen-bond acceptors (Lipinski definition) is 5. The zero-order valence-electron chi connectivity index (χ0n) is 10.7. The van der Waals surface area contributed by atoms with Crippen LogP contribution in [0.2, 0.25) is 0 Å². The standard InChI is InChI=1S/C13H13N3O4/c1-20-11-5-3-2-4-10(11)15-7-9(6-14)13(19)16-8-12(17)18/h2-5,7,15H,8H2,1H3,(H,16,19)(H,17,18)/b9-7-. The Hall–Kier alpha value is -3.01. The van der Waals surface area contributed by atoms with E-state index < -0.39 is 18.4 Å². The number of nitriles is 1. The van der Waals surface area contributed by atoms with Gasteiger partial charge in [0.25, 0.3) is 5.91 Å². The summed E-state index contributed by atoms with van der Waals surface area (Å²) < 4.78 is 5.10. The summed E-state index contributed by atoms with van der Waals surface area (Å²) in [5.74, 6) is -1.40. The maximum Gasteiger partial charge on any atom is 0.322 e. The zero-order valence-corrected chi connectivity index (χ0v) is 10.7. The number of benzene rings is 1.